The van der Waals surface area contributed by atoms with Gasteiger partial charge in [-0.2, -0.15) is 18.3 Å². The van der Waals surface area contributed by atoms with Crippen LogP contribution in [-0.2, 0) is 23.8 Å². The first kappa shape index (κ1) is 22.0. The number of aryl methyl sites for hydroxylation is 2. The van der Waals surface area contributed by atoms with Gasteiger partial charge in [-0.3, -0.25) is 4.79 Å². The first-order valence-corrected chi connectivity index (χ1v) is 10.5. The van der Waals surface area contributed by atoms with Crippen molar-refractivity contribution in [3.05, 3.63) is 71.3 Å². The Hall–Kier alpha value is -3.20. The van der Waals surface area contributed by atoms with Gasteiger partial charge in [0.1, 0.15) is 12.7 Å². The van der Waals surface area contributed by atoms with Gasteiger partial charge in [0, 0.05) is 6.04 Å². The van der Waals surface area contributed by atoms with E-state index in [0.717, 1.165) is 30.5 Å². The van der Waals surface area contributed by atoms with E-state index < -0.39 is 17.6 Å². The number of halogens is 3. The van der Waals surface area contributed by atoms with Crippen molar-refractivity contribution >= 4 is 11.6 Å². The van der Waals surface area contributed by atoms with Crippen LogP contribution in [0.25, 0.3) is 5.69 Å². The summed E-state index contributed by atoms with van der Waals surface area (Å²) < 4.78 is 40.8. The number of hydrogen-bond acceptors (Lipinski definition) is 4. The van der Waals surface area contributed by atoms with Crippen LogP contribution in [0, 0.1) is 0 Å². The van der Waals surface area contributed by atoms with Gasteiger partial charge in [0.15, 0.2) is 0 Å². The van der Waals surface area contributed by atoms with Gasteiger partial charge in [-0.05, 0) is 67.5 Å². The summed E-state index contributed by atoms with van der Waals surface area (Å²) in [4.78, 5) is 16.4. The van der Waals surface area contributed by atoms with Crippen LogP contribution >= 0.6 is 0 Å². The number of hydrogen-bond donors (Lipinski definition) is 2. The molecule has 6 nitrogen and oxygen atoms in total. The number of carbonyl (C=O) groups excluding carboxylic acids is 1. The number of benzene rings is 2. The smallest absolute Gasteiger partial charge is 0.323 e. The number of nitrogens with one attached hydrogen (secondary N) is 2. The van der Waals surface area contributed by atoms with Crippen LogP contribution in [0.2, 0.25) is 0 Å². The standard InChI is InChI=1S/C23H24F3N5O/c1-15(17-7-6-16-4-2-3-5-18(16)10-17)28-12-22(32)30-20-11-19(23(24,25)26)8-9-21(20)31-14-27-13-29-31/h6-11,13-15,28H,2-5,12H2,1H3,(H,30,32). The van der Waals surface area contributed by atoms with Crippen molar-refractivity contribution in [2.45, 2.75) is 44.8 Å². The van der Waals surface area contributed by atoms with Crippen molar-refractivity contribution in [3.8, 4) is 5.69 Å². The maximum absolute atomic E-state index is 13.2. The maximum atomic E-state index is 13.2. The van der Waals surface area contributed by atoms with Crippen LogP contribution in [0.5, 0.6) is 0 Å². The van der Waals surface area contributed by atoms with Gasteiger partial charge in [-0.1, -0.05) is 18.2 Å². The molecule has 0 radical (unpaired) electrons. The van der Waals surface area contributed by atoms with Crippen molar-refractivity contribution in [2.24, 2.45) is 0 Å². The molecule has 2 aromatic carbocycles. The molecule has 0 saturated heterocycles. The van der Waals surface area contributed by atoms with Gasteiger partial charge in [0.2, 0.25) is 5.91 Å². The zero-order valence-corrected chi connectivity index (χ0v) is 17.6. The number of aromatic nitrogens is 3. The molecule has 1 unspecified atom stereocenters. The van der Waals surface area contributed by atoms with E-state index in [0.29, 0.717) is 5.69 Å². The second kappa shape index (κ2) is 9.12. The molecular formula is C23H24F3N5O. The quantitative estimate of drug-likeness (QED) is 0.590. The fourth-order valence-electron chi connectivity index (χ4n) is 3.93. The number of rotatable bonds is 6. The molecule has 0 fully saturated rings. The van der Waals surface area contributed by atoms with E-state index >= 15 is 0 Å². The minimum Gasteiger partial charge on any atom is -0.323 e. The van der Waals surface area contributed by atoms with Crippen molar-refractivity contribution in [1.82, 2.24) is 20.1 Å². The SMILES string of the molecule is CC(NCC(=O)Nc1cc(C(F)(F)F)ccc1-n1cncn1)c1ccc2c(c1)CCCC2. The highest BCUT2D eigenvalue weighted by molar-refractivity contribution is 5.94. The first-order chi connectivity index (χ1) is 15.3. The van der Waals surface area contributed by atoms with Crippen molar-refractivity contribution in [3.63, 3.8) is 0 Å². The number of alkyl halides is 3. The molecule has 3 aromatic rings. The van der Waals surface area contributed by atoms with E-state index in [1.807, 2.05) is 6.92 Å². The Labute approximate surface area is 183 Å². The van der Waals surface area contributed by atoms with Crippen LogP contribution in [0.4, 0.5) is 18.9 Å². The second-order valence-corrected chi connectivity index (χ2v) is 7.96. The molecule has 1 aromatic heterocycles. The summed E-state index contributed by atoms with van der Waals surface area (Å²) in [5, 5.41) is 9.69. The van der Waals surface area contributed by atoms with E-state index in [2.05, 4.69) is 38.9 Å². The lowest BCUT2D eigenvalue weighted by molar-refractivity contribution is -0.137. The third-order valence-corrected chi connectivity index (χ3v) is 5.70. The molecule has 1 aliphatic carbocycles. The summed E-state index contributed by atoms with van der Waals surface area (Å²) in [5.41, 5.74) is 3.28. The molecule has 1 heterocycles. The van der Waals surface area contributed by atoms with Crippen LogP contribution < -0.4 is 10.6 Å². The lowest BCUT2D eigenvalue weighted by Crippen LogP contribution is -2.30. The third kappa shape index (κ3) is 4.99. The van der Waals surface area contributed by atoms with Crippen LogP contribution in [0.3, 0.4) is 0 Å². The summed E-state index contributed by atoms with van der Waals surface area (Å²) in [6.45, 7) is 1.91. The van der Waals surface area contributed by atoms with Gasteiger partial charge >= 0.3 is 6.18 Å². The molecule has 1 aliphatic rings. The Morgan fingerprint density at radius 2 is 1.91 bits per heavy atom. The topological polar surface area (TPSA) is 71.8 Å². The summed E-state index contributed by atoms with van der Waals surface area (Å²) in [6.07, 6.45) is 2.67. The molecular weight excluding hydrogens is 419 g/mol. The van der Waals surface area contributed by atoms with Gasteiger partial charge in [0.05, 0.1) is 23.5 Å². The van der Waals surface area contributed by atoms with Crippen LogP contribution in [0.1, 0.15) is 48.1 Å². The highest BCUT2D eigenvalue weighted by Gasteiger charge is 2.31. The summed E-state index contributed by atoms with van der Waals surface area (Å²) in [5.74, 6) is -0.449. The molecule has 0 saturated carbocycles. The largest absolute Gasteiger partial charge is 0.416 e. The Morgan fingerprint density at radius 3 is 2.62 bits per heavy atom. The molecule has 1 atom stereocenters. The van der Waals surface area contributed by atoms with Gasteiger partial charge in [-0.25, -0.2) is 9.67 Å². The molecule has 168 valence electrons. The zero-order chi connectivity index (χ0) is 22.7. The fraction of sp³-hybridized carbons (Fsp3) is 0.348. The number of nitrogens with zero attached hydrogens (tertiary/aromatic N) is 3. The minimum absolute atomic E-state index is 0.0126. The minimum atomic E-state index is -4.53. The van der Waals surface area contributed by atoms with E-state index in [1.54, 1.807) is 0 Å². The number of anilines is 1. The Kier molecular flexibility index (Phi) is 6.27. The maximum Gasteiger partial charge on any atom is 0.416 e. The lowest BCUT2D eigenvalue weighted by Gasteiger charge is -2.20. The average Bonchev–Trinajstić information content (AvgIpc) is 3.31. The monoisotopic (exact) mass is 443 g/mol. The summed E-state index contributed by atoms with van der Waals surface area (Å²) >= 11 is 0. The molecule has 2 N–H and O–H groups in total. The third-order valence-electron chi connectivity index (χ3n) is 5.70. The molecule has 4 rings (SSSR count). The molecule has 1 amide bonds. The first-order valence-electron chi connectivity index (χ1n) is 10.5. The number of carbonyl (C=O) groups is 1. The predicted octanol–water partition coefficient (Wildman–Crippen LogP) is 4.45. The molecule has 0 bridgehead atoms. The van der Waals surface area contributed by atoms with E-state index in [9.17, 15) is 18.0 Å². The van der Waals surface area contributed by atoms with E-state index in [4.69, 9.17) is 0 Å². The molecule has 0 aliphatic heterocycles. The Bertz CT molecular complexity index is 1100. The molecule has 0 spiro atoms. The zero-order valence-electron chi connectivity index (χ0n) is 17.6. The van der Waals surface area contributed by atoms with Crippen molar-refractivity contribution < 1.29 is 18.0 Å². The van der Waals surface area contributed by atoms with Gasteiger partial charge < -0.3 is 10.6 Å². The summed E-state index contributed by atoms with van der Waals surface area (Å²) in [7, 11) is 0. The van der Waals surface area contributed by atoms with Crippen molar-refractivity contribution in [1.29, 1.82) is 0 Å². The van der Waals surface area contributed by atoms with Gasteiger partial charge in [0.25, 0.3) is 0 Å². The number of amides is 1. The van der Waals surface area contributed by atoms with Crippen LogP contribution in [0.15, 0.2) is 49.1 Å². The lowest BCUT2D eigenvalue weighted by atomic mass is 9.89. The van der Waals surface area contributed by atoms with Gasteiger partial charge in [-0.15, -0.1) is 0 Å². The molecule has 32 heavy (non-hydrogen) atoms. The van der Waals surface area contributed by atoms with E-state index in [-0.39, 0.29) is 18.3 Å². The van der Waals surface area contributed by atoms with Crippen molar-refractivity contribution in [2.75, 3.05) is 11.9 Å². The fourth-order valence-corrected chi connectivity index (χ4v) is 3.93. The second-order valence-electron chi connectivity index (χ2n) is 7.96. The Balaban J connectivity index is 1.45. The Morgan fingerprint density at radius 1 is 1.12 bits per heavy atom. The normalized spacial score (nSPS) is 14.6. The number of fused-ring (bicyclic) bond motifs is 1. The van der Waals surface area contributed by atoms with Crippen LogP contribution in [-0.4, -0.2) is 27.2 Å². The van der Waals surface area contributed by atoms with E-state index in [1.165, 1.54) is 47.4 Å². The highest BCUT2D eigenvalue weighted by atomic mass is 19.4. The average molecular weight is 443 g/mol. The summed E-state index contributed by atoms with van der Waals surface area (Å²) in [6, 6.07) is 9.43. The molecule has 9 heteroatoms. The predicted molar refractivity (Wildman–Crippen MR) is 114 cm³/mol. The highest BCUT2D eigenvalue weighted by Crippen LogP contribution is 2.33.